The minimum absolute atomic E-state index is 0.0162. The zero-order valence-corrected chi connectivity index (χ0v) is 13.6. The maximum Gasteiger partial charge on any atom is 0.133 e. The summed E-state index contributed by atoms with van der Waals surface area (Å²) in [5, 5.41) is 8.98. The molecule has 1 unspecified atom stereocenters. The van der Waals surface area contributed by atoms with Gasteiger partial charge in [0.05, 0.1) is 15.7 Å². The Hall–Kier alpha value is -0.920. The van der Waals surface area contributed by atoms with Gasteiger partial charge in [0.25, 0.3) is 0 Å². The van der Waals surface area contributed by atoms with Crippen LogP contribution in [0.5, 0.6) is 0 Å². The van der Waals surface area contributed by atoms with Crippen molar-refractivity contribution in [1.29, 1.82) is 5.26 Å². The number of nitriles is 1. The average molecular weight is 317 g/mol. The van der Waals surface area contributed by atoms with E-state index in [1.807, 2.05) is 35.7 Å². The van der Waals surface area contributed by atoms with Crippen LogP contribution in [0.25, 0.3) is 0 Å². The lowest BCUT2D eigenvalue weighted by Gasteiger charge is -2.44. The maximum atomic E-state index is 11.9. The number of Topliss-reactive ketones (excluding diaryl/α,β-unsaturated/α-hetero) is 1. The molecule has 2 nitrogen and oxygen atoms in total. The normalized spacial score (nSPS) is 25.3. The molecule has 0 bridgehead atoms. The molecule has 2 aliphatic rings. The molecular formula is C17H19NOS2. The molecule has 3 rings (SSSR count). The molecule has 0 radical (unpaired) electrons. The van der Waals surface area contributed by atoms with Crippen LogP contribution in [0.2, 0.25) is 0 Å². The zero-order valence-electron chi connectivity index (χ0n) is 12.0. The number of benzene rings is 1. The third-order valence-corrected chi connectivity index (χ3v) is 8.05. The molecular weight excluding hydrogens is 298 g/mol. The second-order valence-corrected chi connectivity index (χ2v) is 8.68. The molecule has 2 fully saturated rings. The van der Waals surface area contributed by atoms with Gasteiger partial charge in [-0.2, -0.15) is 5.26 Å². The molecule has 1 aromatic rings. The largest absolute Gasteiger partial charge is 0.300 e. The number of thioether (sulfide) groups is 2. The molecule has 0 N–H and O–H groups in total. The minimum Gasteiger partial charge on any atom is -0.300 e. The SMILES string of the molecule is N#Cc1ccc(C2(C3CCCC(=O)C3)SCCCS2)cc1. The molecule has 1 aliphatic carbocycles. The Morgan fingerprint density at radius 2 is 1.86 bits per heavy atom. The second kappa shape index (κ2) is 6.46. The third-order valence-electron chi connectivity index (χ3n) is 4.36. The first kappa shape index (κ1) is 15.0. The summed E-state index contributed by atoms with van der Waals surface area (Å²) in [6.07, 6.45) is 4.90. The Morgan fingerprint density at radius 3 is 2.48 bits per heavy atom. The van der Waals surface area contributed by atoms with Gasteiger partial charge in [-0.05, 0) is 54.4 Å². The van der Waals surface area contributed by atoms with Crippen LogP contribution in [0.1, 0.15) is 43.2 Å². The maximum absolute atomic E-state index is 11.9. The summed E-state index contributed by atoms with van der Waals surface area (Å²) in [6.45, 7) is 0. The number of ketones is 1. The van der Waals surface area contributed by atoms with Gasteiger partial charge < -0.3 is 0 Å². The smallest absolute Gasteiger partial charge is 0.133 e. The highest BCUT2D eigenvalue weighted by Gasteiger charge is 2.44. The molecule has 1 aliphatic heterocycles. The summed E-state index contributed by atoms with van der Waals surface area (Å²) in [5.41, 5.74) is 2.00. The Bertz CT molecular complexity index is 555. The van der Waals surface area contributed by atoms with E-state index < -0.39 is 0 Å². The minimum atomic E-state index is 0.0162. The van der Waals surface area contributed by atoms with E-state index in [2.05, 4.69) is 18.2 Å². The van der Waals surface area contributed by atoms with Crippen LogP contribution in [0.3, 0.4) is 0 Å². The first-order chi connectivity index (χ1) is 10.2. The first-order valence-electron chi connectivity index (χ1n) is 7.55. The van der Waals surface area contributed by atoms with Crippen LogP contribution >= 0.6 is 23.5 Å². The van der Waals surface area contributed by atoms with E-state index >= 15 is 0 Å². The van der Waals surface area contributed by atoms with Crippen molar-refractivity contribution in [3.63, 3.8) is 0 Å². The van der Waals surface area contributed by atoms with Crippen molar-refractivity contribution in [2.75, 3.05) is 11.5 Å². The molecule has 1 heterocycles. The number of nitrogens with zero attached hydrogens (tertiary/aromatic N) is 1. The van der Waals surface area contributed by atoms with Crippen molar-refractivity contribution in [1.82, 2.24) is 0 Å². The van der Waals surface area contributed by atoms with Gasteiger partial charge in [-0.25, -0.2) is 0 Å². The molecule has 1 saturated heterocycles. The van der Waals surface area contributed by atoms with Crippen molar-refractivity contribution in [2.45, 2.75) is 36.2 Å². The molecule has 1 saturated carbocycles. The highest BCUT2D eigenvalue weighted by atomic mass is 32.2. The zero-order chi connectivity index (χ0) is 14.7. The van der Waals surface area contributed by atoms with Gasteiger partial charge in [-0.3, -0.25) is 4.79 Å². The lowest BCUT2D eigenvalue weighted by atomic mass is 9.83. The quantitative estimate of drug-likeness (QED) is 0.813. The van der Waals surface area contributed by atoms with Crippen molar-refractivity contribution in [3.8, 4) is 6.07 Å². The van der Waals surface area contributed by atoms with E-state index in [0.29, 0.717) is 17.3 Å². The van der Waals surface area contributed by atoms with E-state index in [0.717, 1.165) is 37.2 Å². The van der Waals surface area contributed by atoms with Gasteiger partial charge in [0.1, 0.15) is 5.78 Å². The molecule has 0 spiro atoms. The number of carbonyl (C=O) groups excluding carboxylic acids is 1. The van der Waals surface area contributed by atoms with Crippen molar-refractivity contribution < 1.29 is 4.79 Å². The molecule has 110 valence electrons. The van der Waals surface area contributed by atoms with Crippen LogP contribution in [-0.4, -0.2) is 17.3 Å². The first-order valence-corrected chi connectivity index (χ1v) is 9.52. The Balaban J connectivity index is 1.95. The summed E-state index contributed by atoms with van der Waals surface area (Å²) in [6, 6.07) is 10.2. The van der Waals surface area contributed by atoms with Crippen LogP contribution in [-0.2, 0) is 8.87 Å². The summed E-state index contributed by atoms with van der Waals surface area (Å²) in [5.74, 6) is 3.18. The van der Waals surface area contributed by atoms with Crippen molar-refractivity contribution >= 4 is 29.3 Å². The molecule has 0 amide bonds. The number of hydrogen-bond acceptors (Lipinski definition) is 4. The highest BCUT2D eigenvalue weighted by molar-refractivity contribution is 8.18. The fraction of sp³-hybridized carbons (Fsp3) is 0.529. The van der Waals surface area contributed by atoms with Crippen LogP contribution in [0, 0.1) is 17.2 Å². The monoisotopic (exact) mass is 317 g/mol. The topological polar surface area (TPSA) is 40.9 Å². The summed E-state index contributed by atoms with van der Waals surface area (Å²) >= 11 is 4.03. The molecule has 4 heteroatoms. The lowest BCUT2D eigenvalue weighted by molar-refractivity contribution is -0.121. The van der Waals surface area contributed by atoms with Gasteiger partial charge in [0, 0.05) is 12.8 Å². The third kappa shape index (κ3) is 3.00. The number of hydrogen-bond donors (Lipinski definition) is 0. The van der Waals surface area contributed by atoms with E-state index in [4.69, 9.17) is 5.26 Å². The van der Waals surface area contributed by atoms with Gasteiger partial charge in [0.15, 0.2) is 0 Å². The van der Waals surface area contributed by atoms with Gasteiger partial charge >= 0.3 is 0 Å². The van der Waals surface area contributed by atoms with Gasteiger partial charge in [-0.15, -0.1) is 23.5 Å². The molecule has 1 atom stereocenters. The summed E-state index contributed by atoms with van der Waals surface area (Å²) in [7, 11) is 0. The Morgan fingerprint density at radius 1 is 1.14 bits per heavy atom. The molecule has 1 aromatic carbocycles. The Kier molecular flexibility index (Phi) is 4.61. The predicted molar refractivity (Wildman–Crippen MR) is 89.3 cm³/mol. The lowest BCUT2D eigenvalue weighted by Crippen LogP contribution is -2.35. The van der Waals surface area contributed by atoms with E-state index in [9.17, 15) is 4.79 Å². The van der Waals surface area contributed by atoms with Gasteiger partial charge in [0.2, 0.25) is 0 Å². The van der Waals surface area contributed by atoms with Crippen LogP contribution in [0.4, 0.5) is 0 Å². The van der Waals surface area contributed by atoms with Crippen molar-refractivity contribution in [3.05, 3.63) is 35.4 Å². The van der Waals surface area contributed by atoms with E-state index in [1.165, 1.54) is 12.0 Å². The van der Waals surface area contributed by atoms with Crippen LogP contribution in [0.15, 0.2) is 24.3 Å². The second-order valence-electron chi connectivity index (χ2n) is 5.74. The highest BCUT2D eigenvalue weighted by Crippen LogP contribution is 2.58. The fourth-order valence-electron chi connectivity index (χ4n) is 3.31. The van der Waals surface area contributed by atoms with Gasteiger partial charge in [-0.1, -0.05) is 12.1 Å². The van der Waals surface area contributed by atoms with Crippen molar-refractivity contribution in [2.24, 2.45) is 5.92 Å². The van der Waals surface area contributed by atoms with E-state index in [1.54, 1.807) is 0 Å². The Labute approximate surface area is 134 Å². The average Bonchev–Trinajstić information content (AvgIpc) is 2.55. The molecule has 21 heavy (non-hydrogen) atoms. The number of carbonyl (C=O) groups is 1. The summed E-state index contributed by atoms with van der Waals surface area (Å²) < 4.78 is 0.0162. The number of rotatable bonds is 2. The summed E-state index contributed by atoms with van der Waals surface area (Å²) in [4.78, 5) is 11.9. The predicted octanol–water partition coefficient (Wildman–Crippen LogP) is 4.34. The fourth-order valence-corrected chi connectivity index (χ4v) is 6.99. The molecule has 0 aromatic heterocycles. The standard InChI is InChI=1S/C17H19NOS2/c18-12-13-5-7-14(8-6-13)17(20-9-2-10-21-17)15-3-1-4-16(19)11-15/h5-8,15H,1-4,9-11H2. The van der Waals surface area contributed by atoms with E-state index in [-0.39, 0.29) is 4.08 Å². The van der Waals surface area contributed by atoms with Crippen LogP contribution < -0.4 is 0 Å².